The molecule has 15 heavy (non-hydrogen) atoms. The van der Waals surface area contributed by atoms with Crippen molar-refractivity contribution in [2.45, 2.75) is 26.2 Å². The van der Waals surface area contributed by atoms with E-state index in [9.17, 15) is 0 Å². The van der Waals surface area contributed by atoms with Gasteiger partial charge in [0.25, 0.3) is 0 Å². The molecule has 0 aromatic carbocycles. The summed E-state index contributed by atoms with van der Waals surface area (Å²) in [5.74, 6) is 0. The first kappa shape index (κ1) is 10.2. The maximum atomic E-state index is 9.07. The number of nitrogens with zero attached hydrogens (tertiary/aromatic N) is 2. The molecule has 78 valence electrons. The Balaban J connectivity index is 2.29. The molecule has 0 fully saturated rings. The van der Waals surface area contributed by atoms with Crippen LogP contribution in [0.3, 0.4) is 0 Å². The molecule has 2 rings (SSSR count). The zero-order valence-corrected chi connectivity index (χ0v) is 9.43. The molecule has 0 N–H and O–H groups in total. The summed E-state index contributed by atoms with van der Waals surface area (Å²) in [6, 6.07) is 2.24. The molecule has 0 saturated heterocycles. The number of ether oxygens (including phenoxy) is 1. The van der Waals surface area contributed by atoms with Crippen molar-refractivity contribution in [3.05, 3.63) is 16.0 Å². The first-order valence-electron chi connectivity index (χ1n) is 5.05. The molecule has 3 nitrogen and oxygen atoms in total. The van der Waals surface area contributed by atoms with Gasteiger partial charge in [-0.25, -0.2) is 4.99 Å². The van der Waals surface area contributed by atoms with Crippen LogP contribution in [0.15, 0.2) is 4.99 Å². The highest BCUT2D eigenvalue weighted by Gasteiger charge is 2.21. The summed E-state index contributed by atoms with van der Waals surface area (Å²) in [6.07, 6.45) is 4.73. The molecule has 4 heteroatoms. The van der Waals surface area contributed by atoms with Crippen molar-refractivity contribution in [2.24, 2.45) is 4.99 Å². The summed E-state index contributed by atoms with van der Waals surface area (Å²) >= 11 is 1.62. The van der Waals surface area contributed by atoms with E-state index >= 15 is 0 Å². The predicted molar refractivity (Wildman–Crippen MR) is 60.8 cm³/mol. The Morgan fingerprint density at radius 2 is 2.47 bits per heavy atom. The largest absolute Gasteiger partial charge is 0.483 e. The van der Waals surface area contributed by atoms with E-state index in [1.807, 2.05) is 6.92 Å². The fraction of sp³-hybridized carbons (Fsp3) is 0.455. The number of hydrogen-bond acceptors (Lipinski definition) is 4. The van der Waals surface area contributed by atoms with E-state index in [1.165, 1.54) is 23.3 Å². The van der Waals surface area contributed by atoms with Crippen LogP contribution in [0.25, 0.3) is 0 Å². The van der Waals surface area contributed by atoms with Gasteiger partial charge >= 0.3 is 0 Å². The second kappa shape index (κ2) is 4.45. The smallest absolute Gasteiger partial charge is 0.175 e. The van der Waals surface area contributed by atoms with Gasteiger partial charge in [0.05, 0.1) is 12.2 Å². The van der Waals surface area contributed by atoms with E-state index in [0.29, 0.717) is 6.61 Å². The molecular weight excluding hydrogens is 208 g/mol. The molecule has 0 amide bonds. The van der Waals surface area contributed by atoms with Crippen molar-refractivity contribution in [2.75, 3.05) is 6.61 Å². The van der Waals surface area contributed by atoms with Crippen LogP contribution < -0.4 is 0 Å². The molecule has 1 aliphatic rings. The van der Waals surface area contributed by atoms with Crippen LogP contribution in [0, 0.1) is 11.3 Å². The van der Waals surface area contributed by atoms with Crippen molar-refractivity contribution < 1.29 is 4.74 Å². The monoisotopic (exact) mass is 220 g/mol. The van der Waals surface area contributed by atoms with E-state index in [-0.39, 0.29) is 0 Å². The Kier molecular flexibility index (Phi) is 3.02. The average molecular weight is 220 g/mol. The van der Waals surface area contributed by atoms with Crippen LogP contribution in [-0.4, -0.2) is 13.0 Å². The molecule has 0 spiro atoms. The third kappa shape index (κ3) is 1.88. The fourth-order valence-electron chi connectivity index (χ4n) is 1.76. The Morgan fingerprint density at radius 1 is 1.60 bits per heavy atom. The van der Waals surface area contributed by atoms with Crippen molar-refractivity contribution in [3.8, 4) is 6.07 Å². The topological polar surface area (TPSA) is 45.4 Å². The third-order valence-corrected chi connectivity index (χ3v) is 3.63. The summed E-state index contributed by atoms with van der Waals surface area (Å²) in [5, 5.41) is 9.87. The van der Waals surface area contributed by atoms with Crippen molar-refractivity contribution in [1.82, 2.24) is 0 Å². The first-order valence-corrected chi connectivity index (χ1v) is 5.87. The SMILES string of the molecule is CCO/C=N/c1sc2c(c1C#N)CCC2. The van der Waals surface area contributed by atoms with E-state index in [2.05, 4.69) is 11.1 Å². The normalized spacial score (nSPS) is 14.1. The Hall–Kier alpha value is -1.34. The Bertz CT molecular complexity index is 429. The highest BCUT2D eigenvalue weighted by atomic mass is 32.1. The van der Waals surface area contributed by atoms with E-state index in [1.54, 1.807) is 11.3 Å². The van der Waals surface area contributed by atoms with Gasteiger partial charge in [-0.3, -0.25) is 0 Å². The number of aryl methyl sites for hydroxylation is 1. The van der Waals surface area contributed by atoms with Gasteiger partial charge in [-0.2, -0.15) is 5.26 Å². The zero-order valence-electron chi connectivity index (χ0n) is 8.62. The first-order chi connectivity index (χ1) is 7.36. The summed E-state index contributed by atoms with van der Waals surface area (Å²) in [4.78, 5) is 5.51. The summed E-state index contributed by atoms with van der Waals surface area (Å²) < 4.78 is 5.04. The molecule has 0 atom stereocenters. The van der Waals surface area contributed by atoms with Crippen LogP contribution in [0.1, 0.15) is 29.3 Å². The quantitative estimate of drug-likeness (QED) is 0.580. The van der Waals surface area contributed by atoms with Crippen molar-refractivity contribution in [3.63, 3.8) is 0 Å². The van der Waals surface area contributed by atoms with Crippen LogP contribution in [0.4, 0.5) is 5.00 Å². The van der Waals surface area contributed by atoms with Crippen LogP contribution in [0.5, 0.6) is 0 Å². The fourth-order valence-corrected chi connectivity index (χ4v) is 2.93. The number of nitriles is 1. The second-order valence-corrected chi connectivity index (χ2v) is 4.42. The molecule has 1 heterocycles. The van der Waals surface area contributed by atoms with Crippen LogP contribution >= 0.6 is 11.3 Å². The maximum Gasteiger partial charge on any atom is 0.175 e. The van der Waals surface area contributed by atoms with Gasteiger partial charge in [0.2, 0.25) is 0 Å². The lowest BCUT2D eigenvalue weighted by Crippen LogP contribution is -1.84. The maximum absolute atomic E-state index is 9.07. The minimum atomic E-state index is 0.608. The molecule has 0 saturated carbocycles. The lowest BCUT2D eigenvalue weighted by Gasteiger charge is -1.93. The number of fused-ring (bicyclic) bond motifs is 1. The Morgan fingerprint density at radius 3 is 3.20 bits per heavy atom. The van der Waals surface area contributed by atoms with Gasteiger partial charge in [-0.1, -0.05) is 0 Å². The number of hydrogen-bond donors (Lipinski definition) is 0. The van der Waals surface area contributed by atoms with Crippen LogP contribution in [-0.2, 0) is 17.6 Å². The molecule has 0 aliphatic heterocycles. The molecule has 1 aromatic rings. The zero-order chi connectivity index (χ0) is 10.7. The Labute approximate surface area is 93.0 Å². The van der Waals surface area contributed by atoms with Gasteiger partial charge < -0.3 is 4.74 Å². The molecular formula is C11H12N2OS. The average Bonchev–Trinajstić information content (AvgIpc) is 2.77. The summed E-state index contributed by atoms with van der Waals surface area (Å²) in [7, 11) is 0. The third-order valence-electron chi connectivity index (χ3n) is 2.43. The second-order valence-electron chi connectivity index (χ2n) is 3.34. The van der Waals surface area contributed by atoms with E-state index in [0.717, 1.165) is 23.4 Å². The molecule has 1 aliphatic carbocycles. The van der Waals surface area contributed by atoms with Crippen LogP contribution in [0.2, 0.25) is 0 Å². The van der Waals surface area contributed by atoms with Gasteiger partial charge in [0.15, 0.2) is 6.40 Å². The molecule has 0 unspecified atom stereocenters. The lowest BCUT2D eigenvalue weighted by atomic mass is 10.1. The number of thiophene rings is 1. The molecule has 0 radical (unpaired) electrons. The molecule has 0 bridgehead atoms. The standard InChI is InChI=1S/C11H12N2OS/c1-2-14-7-13-11-9(6-12)8-4-3-5-10(8)15-11/h7H,2-5H2,1H3/b13-7+. The van der Waals surface area contributed by atoms with Crippen molar-refractivity contribution in [1.29, 1.82) is 5.26 Å². The highest BCUT2D eigenvalue weighted by Crippen LogP contribution is 2.39. The van der Waals surface area contributed by atoms with E-state index < -0.39 is 0 Å². The number of rotatable bonds is 3. The molecule has 1 aromatic heterocycles. The van der Waals surface area contributed by atoms with Crippen molar-refractivity contribution >= 4 is 22.7 Å². The predicted octanol–water partition coefficient (Wildman–Crippen LogP) is 2.80. The van der Waals surface area contributed by atoms with Gasteiger partial charge in [-0.15, -0.1) is 11.3 Å². The minimum Gasteiger partial charge on any atom is -0.483 e. The lowest BCUT2D eigenvalue weighted by molar-refractivity contribution is 0.344. The van der Waals surface area contributed by atoms with E-state index in [4.69, 9.17) is 10.00 Å². The number of aliphatic imine (C=N–C) groups is 1. The summed E-state index contributed by atoms with van der Waals surface area (Å²) in [5.41, 5.74) is 1.97. The minimum absolute atomic E-state index is 0.608. The van der Waals surface area contributed by atoms with Gasteiger partial charge in [0, 0.05) is 4.88 Å². The summed E-state index contributed by atoms with van der Waals surface area (Å²) in [6.45, 7) is 2.52. The van der Waals surface area contributed by atoms with Gasteiger partial charge in [-0.05, 0) is 31.7 Å². The van der Waals surface area contributed by atoms with Gasteiger partial charge in [0.1, 0.15) is 11.1 Å². The highest BCUT2D eigenvalue weighted by molar-refractivity contribution is 7.16.